The molecular formula is C15H18BrN3O3. The van der Waals surface area contributed by atoms with Crippen molar-refractivity contribution in [2.45, 2.75) is 38.8 Å². The van der Waals surface area contributed by atoms with Crippen LogP contribution in [0.25, 0.3) is 0 Å². The summed E-state index contributed by atoms with van der Waals surface area (Å²) < 4.78 is 0.629. The van der Waals surface area contributed by atoms with Gasteiger partial charge in [-0.05, 0) is 46.8 Å². The molecule has 0 unspecified atom stereocenters. The Hall–Kier alpha value is -1.63. The Morgan fingerprint density at radius 1 is 1.41 bits per heavy atom. The average molecular weight is 368 g/mol. The molecule has 2 amide bonds. The Labute approximate surface area is 137 Å². The fourth-order valence-electron chi connectivity index (χ4n) is 3.51. The summed E-state index contributed by atoms with van der Waals surface area (Å²) in [5.41, 5.74) is 1.32. The van der Waals surface area contributed by atoms with Gasteiger partial charge in [-0.1, -0.05) is 6.92 Å². The second-order valence-electron chi connectivity index (χ2n) is 6.04. The third kappa shape index (κ3) is 2.58. The van der Waals surface area contributed by atoms with Gasteiger partial charge in [-0.15, -0.1) is 0 Å². The van der Waals surface area contributed by atoms with Crippen molar-refractivity contribution in [2.75, 3.05) is 4.90 Å². The van der Waals surface area contributed by atoms with Crippen molar-refractivity contribution in [2.24, 2.45) is 11.8 Å². The highest BCUT2D eigenvalue weighted by atomic mass is 79.9. The minimum atomic E-state index is -1.07. The number of hydrogen-bond acceptors (Lipinski definition) is 3. The van der Waals surface area contributed by atoms with Crippen molar-refractivity contribution in [3.8, 4) is 0 Å². The molecule has 22 heavy (non-hydrogen) atoms. The second kappa shape index (κ2) is 5.53. The third-order valence-corrected chi connectivity index (χ3v) is 4.95. The number of pyridine rings is 1. The molecule has 2 aliphatic rings. The molecule has 1 aliphatic carbocycles. The molecule has 0 aromatic carbocycles. The van der Waals surface area contributed by atoms with Crippen LogP contribution in [0.5, 0.6) is 0 Å². The molecule has 1 aliphatic heterocycles. The lowest BCUT2D eigenvalue weighted by atomic mass is 9.82. The Bertz CT molecular complexity index is 632. The monoisotopic (exact) mass is 367 g/mol. The van der Waals surface area contributed by atoms with Crippen LogP contribution in [0.4, 0.5) is 10.5 Å². The first-order valence-electron chi connectivity index (χ1n) is 7.36. The van der Waals surface area contributed by atoms with E-state index in [1.165, 1.54) is 0 Å². The van der Waals surface area contributed by atoms with Crippen LogP contribution in [0.3, 0.4) is 0 Å². The second-order valence-corrected chi connectivity index (χ2v) is 6.85. The van der Waals surface area contributed by atoms with Crippen LogP contribution in [0.1, 0.15) is 38.4 Å². The molecule has 3 atom stereocenters. The van der Waals surface area contributed by atoms with E-state index >= 15 is 0 Å². The molecule has 1 aromatic rings. The smallest absolute Gasteiger partial charge is 0.405 e. The molecular weight excluding hydrogens is 350 g/mol. The van der Waals surface area contributed by atoms with Crippen molar-refractivity contribution in [3.63, 3.8) is 0 Å². The van der Waals surface area contributed by atoms with Crippen molar-refractivity contribution in [3.05, 3.63) is 22.4 Å². The SMILES string of the molecule is CC(=O)N1c2ccc(Br)nc2[C@H](NC(=O)O)[C@@H](C)[C@@H]1C1CC1. The van der Waals surface area contributed by atoms with E-state index in [9.17, 15) is 9.59 Å². The van der Waals surface area contributed by atoms with Gasteiger partial charge in [0, 0.05) is 18.9 Å². The van der Waals surface area contributed by atoms with Gasteiger partial charge in [0.2, 0.25) is 5.91 Å². The maximum atomic E-state index is 12.2. The van der Waals surface area contributed by atoms with Crippen molar-refractivity contribution in [1.82, 2.24) is 10.3 Å². The van der Waals surface area contributed by atoms with Crippen LogP contribution in [0, 0.1) is 11.8 Å². The maximum absolute atomic E-state index is 12.2. The van der Waals surface area contributed by atoms with Crippen molar-refractivity contribution >= 4 is 33.6 Å². The van der Waals surface area contributed by atoms with E-state index in [4.69, 9.17) is 5.11 Å². The largest absolute Gasteiger partial charge is 0.465 e. The topological polar surface area (TPSA) is 82.5 Å². The molecule has 1 fully saturated rings. The molecule has 2 N–H and O–H groups in total. The number of carboxylic acid groups (broad SMARTS) is 1. The van der Waals surface area contributed by atoms with Gasteiger partial charge in [0.25, 0.3) is 0 Å². The zero-order valence-electron chi connectivity index (χ0n) is 12.4. The minimum Gasteiger partial charge on any atom is -0.465 e. The first-order chi connectivity index (χ1) is 10.4. The quantitative estimate of drug-likeness (QED) is 0.787. The van der Waals surface area contributed by atoms with E-state index in [0.717, 1.165) is 12.8 Å². The highest BCUT2D eigenvalue weighted by molar-refractivity contribution is 9.10. The van der Waals surface area contributed by atoms with Crippen LogP contribution in [0.15, 0.2) is 16.7 Å². The molecule has 1 aromatic heterocycles. The van der Waals surface area contributed by atoms with Gasteiger partial charge in [0.1, 0.15) is 4.60 Å². The van der Waals surface area contributed by atoms with Gasteiger partial charge in [0.05, 0.1) is 17.4 Å². The molecule has 0 saturated heterocycles. The van der Waals surface area contributed by atoms with E-state index in [1.54, 1.807) is 17.9 Å². The lowest BCUT2D eigenvalue weighted by molar-refractivity contribution is -0.117. The zero-order chi connectivity index (χ0) is 16.0. The Kier molecular flexibility index (Phi) is 3.84. The fourth-order valence-corrected chi connectivity index (χ4v) is 3.83. The summed E-state index contributed by atoms with van der Waals surface area (Å²) in [5, 5.41) is 11.7. The molecule has 118 valence electrons. The van der Waals surface area contributed by atoms with Crippen molar-refractivity contribution in [1.29, 1.82) is 0 Å². The molecule has 7 heteroatoms. The lowest BCUT2D eigenvalue weighted by Crippen LogP contribution is -2.53. The van der Waals surface area contributed by atoms with Gasteiger partial charge in [-0.25, -0.2) is 9.78 Å². The number of amides is 2. The van der Waals surface area contributed by atoms with Gasteiger partial charge < -0.3 is 15.3 Å². The average Bonchev–Trinajstić information content (AvgIpc) is 3.25. The van der Waals surface area contributed by atoms with Crippen LogP contribution in [-0.4, -0.2) is 28.1 Å². The summed E-state index contributed by atoms with van der Waals surface area (Å²) in [6, 6.07) is 3.23. The Morgan fingerprint density at radius 2 is 2.09 bits per heavy atom. The van der Waals surface area contributed by atoms with Gasteiger partial charge in [-0.2, -0.15) is 0 Å². The molecule has 0 radical (unpaired) electrons. The number of fused-ring (bicyclic) bond motifs is 1. The van der Waals surface area contributed by atoms with E-state index in [1.807, 2.05) is 13.0 Å². The normalized spacial score (nSPS) is 27.2. The summed E-state index contributed by atoms with van der Waals surface area (Å²) in [7, 11) is 0. The third-order valence-electron chi connectivity index (χ3n) is 4.51. The minimum absolute atomic E-state index is 0.0184. The van der Waals surface area contributed by atoms with Crippen LogP contribution >= 0.6 is 15.9 Å². The summed E-state index contributed by atoms with van der Waals surface area (Å²) in [6.07, 6.45) is 1.09. The number of anilines is 1. The summed E-state index contributed by atoms with van der Waals surface area (Å²) >= 11 is 3.33. The number of carbonyl (C=O) groups excluding carboxylic acids is 1. The van der Waals surface area contributed by atoms with E-state index in [2.05, 4.69) is 26.2 Å². The first kappa shape index (κ1) is 15.3. The predicted octanol–water partition coefficient (Wildman–Crippen LogP) is 2.93. The summed E-state index contributed by atoms with van der Waals surface area (Å²) in [4.78, 5) is 29.6. The molecule has 6 nitrogen and oxygen atoms in total. The molecule has 1 saturated carbocycles. The van der Waals surface area contributed by atoms with Crippen LogP contribution < -0.4 is 10.2 Å². The molecule has 2 heterocycles. The van der Waals surface area contributed by atoms with Crippen LogP contribution in [0.2, 0.25) is 0 Å². The maximum Gasteiger partial charge on any atom is 0.405 e. The number of nitrogens with zero attached hydrogens (tertiary/aromatic N) is 2. The summed E-state index contributed by atoms with van der Waals surface area (Å²) in [6.45, 7) is 3.55. The number of carbonyl (C=O) groups is 2. The fraction of sp³-hybridized carbons (Fsp3) is 0.533. The number of nitrogens with one attached hydrogen (secondary N) is 1. The van der Waals surface area contributed by atoms with E-state index in [0.29, 0.717) is 21.9 Å². The highest BCUT2D eigenvalue weighted by Gasteiger charge is 2.48. The van der Waals surface area contributed by atoms with Crippen molar-refractivity contribution < 1.29 is 14.7 Å². The van der Waals surface area contributed by atoms with E-state index < -0.39 is 12.1 Å². The number of hydrogen-bond donors (Lipinski definition) is 2. The zero-order valence-corrected chi connectivity index (χ0v) is 14.0. The van der Waals surface area contributed by atoms with E-state index in [-0.39, 0.29) is 17.9 Å². The Morgan fingerprint density at radius 3 is 2.64 bits per heavy atom. The first-order valence-corrected chi connectivity index (χ1v) is 8.15. The number of aromatic nitrogens is 1. The predicted molar refractivity (Wildman–Crippen MR) is 84.7 cm³/mol. The molecule has 0 bridgehead atoms. The van der Waals surface area contributed by atoms with Gasteiger partial charge in [0.15, 0.2) is 0 Å². The molecule has 0 spiro atoms. The Balaban J connectivity index is 2.13. The molecule has 3 rings (SSSR count). The lowest BCUT2D eigenvalue weighted by Gasteiger charge is -2.44. The highest BCUT2D eigenvalue weighted by Crippen LogP contribution is 2.48. The van der Waals surface area contributed by atoms with Gasteiger partial charge in [-0.3, -0.25) is 4.79 Å². The number of halogens is 1. The summed E-state index contributed by atoms with van der Waals surface area (Å²) in [5.74, 6) is 0.387. The number of rotatable bonds is 2. The standard InChI is InChI=1S/C15H18BrN3O3/c1-7-12(18-15(21)22)13-10(5-6-11(16)17-13)19(8(2)20)14(7)9-3-4-9/h5-7,9,12,14,18H,3-4H2,1-2H3,(H,21,22)/t7-,12-,14-/m1/s1. The van der Waals surface area contributed by atoms with Gasteiger partial charge >= 0.3 is 6.09 Å². The van der Waals surface area contributed by atoms with Crippen LogP contribution in [-0.2, 0) is 4.79 Å².